The Labute approximate surface area is 118 Å². The highest BCUT2D eigenvalue weighted by Crippen LogP contribution is 2.21. The summed E-state index contributed by atoms with van der Waals surface area (Å²) >= 11 is 0. The normalized spacial score (nSPS) is 13.0. The highest BCUT2D eigenvalue weighted by molar-refractivity contribution is 5.91. The molecule has 0 spiro atoms. The van der Waals surface area contributed by atoms with Crippen LogP contribution in [0.15, 0.2) is 28.7 Å². The number of carbonyl (C=O) groups is 1. The van der Waals surface area contributed by atoms with Gasteiger partial charge in [-0.1, -0.05) is 19.9 Å². The molecule has 1 heterocycles. The Balaban J connectivity index is 2.06. The van der Waals surface area contributed by atoms with Gasteiger partial charge in [0.05, 0.1) is 0 Å². The highest BCUT2D eigenvalue weighted by Gasteiger charge is 2.11. The van der Waals surface area contributed by atoms with Crippen LogP contribution < -0.4 is 5.32 Å². The Hall–Kier alpha value is -1.81. The quantitative estimate of drug-likeness (QED) is 0.844. The lowest BCUT2D eigenvalue weighted by Gasteiger charge is -2.15. The van der Waals surface area contributed by atoms with E-state index in [1.54, 1.807) is 6.07 Å². The summed E-state index contributed by atoms with van der Waals surface area (Å²) in [5.74, 6) is -0.378. The van der Waals surface area contributed by atoms with Gasteiger partial charge < -0.3 is 14.8 Å². The largest absolute Gasteiger partial charge is 0.475 e. The maximum absolute atomic E-state index is 10.9. The Bertz CT molecular complexity index is 601. The molecule has 0 amide bonds. The van der Waals surface area contributed by atoms with Gasteiger partial charge in [0.2, 0.25) is 5.76 Å². The molecule has 0 aliphatic carbocycles. The van der Waals surface area contributed by atoms with Crippen LogP contribution in [0.4, 0.5) is 0 Å². The van der Waals surface area contributed by atoms with E-state index in [-0.39, 0.29) is 5.76 Å². The van der Waals surface area contributed by atoms with Crippen LogP contribution in [0.5, 0.6) is 0 Å². The van der Waals surface area contributed by atoms with Gasteiger partial charge >= 0.3 is 5.97 Å². The topological polar surface area (TPSA) is 62.5 Å². The van der Waals surface area contributed by atoms with Gasteiger partial charge in [-0.3, -0.25) is 0 Å². The summed E-state index contributed by atoms with van der Waals surface area (Å²) in [5.41, 5.74) is 1.74. The van der Waals surface area contributed by atoms with Crippen molar-refractivity contribution in [2.45, 2.75) is 39.8 Å². The number of rotatable bonds is 6. The van der Waals surface area contributed by atoms with Crippen LogP contribution in [-0.2, 0) is 6.54 Å². The van der Waals surface area contributed by atoms with Crippen molar-refractivity contribution in [3.63, 3.8) is 0 Å². The molecule has 0 saturated carbocycles. The van der Waals surface area contributed by atoms with Gasteiger partial charge in [0.25, 0.3) is 0 Å². The summed E-state index contributed by atoms with van der Waals surface area (Å²) in [6.07, 6.45) is 1.14. The fraction of sp³-hybridized carbons (Fsp3) is 0.438. The lowest BCUT2D eigenvalue weighted by molar-refractivity contribution is 0.0665. The third-order valence-corrected chi connectivity index (χ3v) is 3.27. The molecule has 0 aliphatic rings. The van der Waals surface area contributed by atoms with Gasteiger partial charge in [0.1, 0.15) is 5.58 Å². The molecule has 0 radical (unpaired) electrons. The first kappa shape index (κ1) is 14.6. The molecule has 1 aromatic carbocycles. The third kappa shape index (κ3) is 3.61. The van der Waals surface area contributed by atoms with Crippen LogP contribution in [0.3, 0.4) is 0 Å². The van der Waals surface area contributed by atoms with E-state index in [1.165, 1.54) is 0 Å². The van der Waals surface area contributed by atoms with Crippen molar-refractivity contribution < 1.29 is 14.3 Å². The third-order valence-electron chi connectivity index (χ3n) is 3.27. The Morgan fingerprint density at radius 1 is 1.30 bits per heavy atom. The molecule has 0 saturated heterocycles. The zero-order valence-electron chi connectivity index (χ0n) is 12.1. The number of fused-ring (bicyclic) bond motifs is 1. The summed E-state index contributed by atoms with van der Waals surface area (Å²) < 4.78 is 5.24. The Morgan fingerprint density at radius 2 is 2.05 bits per heavy atom. The zero-order chi connectivity index (χ0) is 14.7. The second-order valence-corrected chi connectivity index (χ2v) is 5.70. The van der Waals surface area contributed by atoms with Crippen molar-refractivity contribution in [1.29, 1.82) is 0 Å². The predicted octanol–water partition coefficient (Wildman–Crippen LogP) is 3.66. The molecule has 2 rings (SSSR count). The molecule has 2 N–H and O–H groups in total. The SMILES string of the molecule is CC(C)CC(C)NCc1ccc2oc(C(=O)O)cc2c1. The van der Waals surface area contributed by atoms with E-state index in [9.17, 15) is 4.79 Å². The van der Waals surface area contributed by atoms with E-state index in [0.29, 0.717) is 17.5 Å². The van der Waals surface area contributed by atoms with E-state index >= 15 is 0 Å². The number of aromatic carboxylic acids is 1. The second kappa shape index (κ2) is 6.09. The smallest absolute Gasteiger partial charge is 0.371 e. The first-order valence-corrected chi connectivity index (χ1v) is 6.95. The minimum atomic E-state index is -1.04. The first-order chi connectivity index (χ1) is 9.45. The number of carboxylic acids is 1. The zero-order valence-corrected chi connectivity index (χ0v) is 12.1. The molecule has 0 aliphatic heterocycles. The van der Waals surface area contributed by atoms with Gasteiger partial charge in [0, 0.05) is 18.0 Å². The van der Waals surface area contributed by atoms with Crippen molar-refractivity contribution in [2.75, 3.05) is 0 Å². The first-order valence-electron chi connectivity index (χ1n) is 6.95. The lowest BCUT2D eigenvalue weighted by atomic mass is 10.0. The van der Waals surface area contributed by atoms with Crippen molar-refractivity contribution >= 4 is 16.9 Å². The van der Waals surface area contributed by atoms with Gasteiger partial charge in [-0.2, -0.15) is 0 Å². The van der Waals surface area contributed by atoms with Gasteiger partial charge in [0.15, 0.2) is 0 Å². The summed E-state index contributed by atoms with van der Waals surface area (Å²) in [5, 5.41) is 13.2. The monoisotopic (exact) mass is 275 g/mol. The molecule has 0 bridgehead atoms. The molecule has 4 nitrogen and oxygen atoms in total. The molecule has 4 heteroatoms. The van der Waals surface area contributed by atoms with Crippen molar-refractivity contribution in [1.82, 2.24) is 5.32 Å². The average Bonchev–Trinajstić information content (AvgIpc) is 2.78. The van der Waals surface area contributed by atoms with Gasteiger partial charge in [-0.05, 0) is 43.0 Å². The van der Waals surface area contributed by atoms with Gasteiger partial charge in [-0.15, -0.1) is 0 Å². The molecule has 1 aromatic heterocycles. The molecule has 2 aromatic rings. The molecule has 108 valence electrons. The minimum absolute atomic E-state index is 0.0155. The number of nitrogens with one attached hydrogen (secondary N) is 1. The van der Waals surface area contributed by atoms with E-state index in [2.05, 4.69) is 26.1 Å². The number of benzene rings is 1. The fourth-order valence-electron chi connectivity index (χ4n) is 2.39. The van der Waals surface area contributed by atoms with E-state index < -0.39 is 5.97 Å². The molecule has 0 fully saturated rings. The standard InChI is InChI=1S/C16H21NO3/c1-10(2)6-11(3)17-9-12-4-5-14-13(7-12)8-15(20-14)16(18)19/h4-5,7-8,10-11,17H,6,9H2,1-3H3,(H,18,19). The summed E-state index contributed by atoms with van der Waals surface area (Å²) in [7, 11) is 0. The van der Waals surface area contributed by atoms with Gasteiger partial charge in [-0.25, -0.2) is 4.79 Å². The maximum atomic E-state index is 10.9. The number of hydrogen-bond donors (Lipinski definition) is 2. The molecule has 1 atom stereocenters. The van der Waals surface area contributed by atoms with Crippen molar-refractivity contribution in [2.24, 2.45) is 5.92 Å². The van der Waals surface area contributed by atoms with Crippen LogP contribution in [-0.4, -0.2) is 17.1 Å². The number of carboxylic acid groups (broad SMARTS) is 1. The van der Waals surface area contributed by atoms with Crippen LogP contribution in [0, 0.1) is 5.92 Å². The Kier molecular flexibility index (Phi) is 4.45. The maximum Gasteiger partial charge on any atom is 0.371 e. The lowest BCUT2D eigenvalue weighted by Crippen LogP contribution is -2.26. The van der Waals surface area contributed by atoms with E-state index in [1.807, 2.05) is 18.2 Å². The molecular weight excluding hydrogens is 254 g/mol. The summed E-state index contributed by atoms with van der Waals surface area (Å²) in [6.45, 7) is 7.38. The van der Waals surface area contributed by atoms with Crippen LogP contribution in [0.25, 0.3) is 11.0 Å². The summed E-state index contributed by atoms with van der Waals surface area (Å²) in [6, 6.07) is 7.79. The fourth-order valence-corrected chi connectivity index (χ4v) is 2.39. The second-order valence-electron chi connectivity index (χ2n) is 5.70. The van der Waals surface area contributed by atoms with E-state index in [4.69, 9.17) is 9.52 Å². The summed E-state index contributed by atoms with van der Waals surface area (Å²) in [4.78, 5) is 10.9. The molecule has 20 heavy (non-hydrogen) atoms. The van der Waals surface area contributed by atoms with Crippen LogP contribution in [0.1, 0.15) is 43.3 Å². The van der Waals surface area contributed by atoms with Crippen LogP contribution in [0.2, 0.25) is 0 Å². The van der Waals surface area contributed by atoms with Crippen molar-refractivity contribution in [3.05, 3.63) is 35.6 Å². The Morgan fingerprint density at radius 3 is 2.70 bits per heavy atom. The predicted molar refractivity (Wildman–Crippen MR) is 78.9 cm³/mol. The molecular formula is C16H21NO3. The van der Waals surface area contributed by atoms with Crippen LogP contribution >= 0.6 is 0 Å². The number of furan rings is 1. The highest BCUT2D eigenvalue weighted by atomic mass is 16.4. The number of hydrogen-bond acceptors (Lipinski definition) is 3. The van der Waals surface area contributed by atoms with Crippen molar-refractivity contribution in [3.8, 4) is 0 Å². The average molecular weight is 275 g/mol. The minimum Gasteiger partial charge on any atom is -0.475 e. The molecule has 1 unspecified atom stereocenters. The van der Waals surface area contributed by atoms with E-state index in [0.717, 1.165) is 23.9 Å².